The Bertz CT molecular complexity index is 324. The number of benzene rings is 1. The fraction of sp³-hybridized carbons (Fsp3) is 0.300. The van der Waals surface area contributed by atoms with Crippen molar-refractivity contribution in [3.63, 3.8) is 0 Å². The van der Waals surface area contributed by atoms with E-state index >= 15 is 0 Å². The zero-order valence-corrected chi connectivity index (χ0v) is 10.3. The molecule has 0 heterocycles. The lowest BCUT2D eigenvalue weighted by Crippen LogP contribution is -2.06. The van der Waals surface area contributed by atoms with E-state index in [-0.39, 0.29) is 0 Å². The molecule has 1 rings (SSSR count). The maximum Gasteiger partial charge on any atom is 0.0765 e. The van der Waals surface area contributed by atoms with Gasteiger partial charge >= 0.3 is 0 Å². The van der Waals surface area contributed by atoms with Crippen molar-refractivity contribution in [3.05, 3.63) is 27.7 Å². The van der Waals surface area contributed by atoms with E-state index in [0.29, 0.717) is 0 Å². The van der Waals surface area contributed by atoms with Crippen LogP contribution in [0.1, 0.15) is 18.1 Å². The highest BCUT2D eigenvalue weighted by Crippen LogP contribution is 2.24. The van der Waals surface area contributed by atoms with Crippen molar-refractivity contribution in [1.82, 2.24) is 0 Å². The van der Waals surface area contributed by atoms with Crippen LogP contribution in [0.2, 0.25) is 0 Å². The Morgan fingerprint density at radius 1 is 1.31 bits per heavy atom. The molecule has 0 saturated carbocycles. The first kappa shape index (κ1) is 10.7. The van der Waals surface area contributed by atoms with Crippen LogP contribution in [0.25, 0.3) is 0 Å². The van der Waals surface area contributed by atoms with E-state index in [4.69, 9.17) is 12.2 Å². The molecule has 0 radical (unpaired) electrons. The zero-order chi connectivity index (χ0) is 10.0. The minimum absolute atomic E-state index is 0.800. The molecule has 13 heavy (non-hydrogen) atoms. The molecule has 0 amide bonds. The van der Waals surface area contributed by atoms with Crippen molar-refractivity contribution >= 4 is 38.8 Å². The lowest BCUT2D eigenvalue weighted by molar-refractivity contribution is 1.36. The normalized spacial score (nSPS) is 9.85. The van der Waals surface area contributed by atoms with Gasteiger partial charge in [0.15, 0.2) is 0 Å². The maximum absolute atomic E-state index is 5.01. The highest BCUT2D eigenvalue weighted by Gasteiger charge is 2.03. The van der Waals surface area contributed by atoms with Crippen molar-refractivity contribution in [2.75, 3.05) is 5.32 Å². The molecule has 0 aliphatic carbocycles. The fourth-order valence-corrected chi connectivity index (χ4v) is 2.07. The second-order valence-electron chi connectivity index (χ2n) is 3.10. The molecule has 0 spiro atoms. The van der Waals surface area contributed by atoms with Crippen molar-refractivity contribution in [1.29, 1.82) is 0 Å². The van der Waals surface area contributed by atoms with Gasteiger partial charge in [-0.1, -0.05) is 28.1 Å². The third-order valence-electron chi connectivity index (χ3n) is 1.80. The van der Waals surface area contributed by atoms with Crippen molar-refractivity contribution in [3.8, 4) is 0 Å². The van der Waals surface area contributed by atoms with Gasteiger partial charge in [-0.25, -0.2) is 0 Å². The number of halogens is 1. The van der Waals surface area contributed by atoms with Gasteiger partial charge in [0.2, 0.25) is 0 Å². The quantitative estimate of drug-likeness (QED) is 0.768. The Kier molecular flexibility index (Phi) is 3.45. The van der Waals surface area contributed by atoms with Crippen LogP contribution in [0.15, 0.2) is 16.6 Å². The Hall–Kier alpha value is -0.410. The second-order valence-corrected chi connectivity index (χ2v) is 4.62. The van der Waals surface area contributed by atoms with E-state index in [1.54, 1.807) is 0 Å². The molecule has 1 aromatic rings. The Morgan fingerprint density at radius 2 is 1.77 bits per heavy atom. The molecule has 0 aliphatic heterocycles. The molecule has 0 aliphatic rings. The number of aryl methyl sites for hydroxylation is 2. The molecule has 0 saturated heterocycles. The van der Waals surface area contributed by atoms with Gasteiger partial charge in [-0.3, -0.25) is 0 Å². The maximum atomic E-state index is 5.01. The second kappa shape index (κ2) is 4.20. The standard InChI is InChI=1S/C10H12BrNS/c1-6-4-9(11)5-7(2)10(6)12-8(3)13/h4-5H,1-3H3,(H,12,13). The third-order valence-corrected chi connectivity index (χ3v) is 2.36. The van der Waals surface area contributed by atoms with E-state index in [9.17, 15) is 0 Å². The molecule has 1 aromatic carbocycles. The smallest absolute Gasteiger partial charge is 0.0765 e. The predicted molar refractivity (Wildman–Crippen MR) is 65.5 cm³/mol. The zero-order valence-electron chi connectivity index (χ0n) is 7.94. The van der Waals surface area contributed by atoms with Gasteiger partial charge in [-0.2, -0.15) is 0 Å². The fourth-order valence-electron chi connectivity index (χ4n) is 1.28. The molecule has 1 nitrogen and oxygen atoms in total. The SMILES string of the molecule is CC(=S)Nc1c(C)cc(Br)cc1C. The number of anilines is 1. The molecule has 0 bridgehead atoms. The van der Waals surface area contributed by atoms with Crippen LogP contribution < -0.4 is 5.32 Å². The summed E-state index contributed by atoms with van der Waals surface area (Å²) in [6.45, 7) is 6.02. The molecular weight excluding hydrogens is 246 g/mol. The summed E-state index contributed by atoms with van der Waals surface area (Å²) in [5.74, 6) is 0. The van der Waals surface area contributed by atoms with Gasteiger partial charge in [-0.15, -0.1) is 0 Å². The lowest BCUT2D eigenvalue weighted by atomic mass is 10.1. The van der Waals surface area contributed by atoms with Gasteiger partial charge in [0.25, 0.3) is 0 Å². The van der Waals surface area contributed by atoms with Gasteiger partial charge < -0.3 is 5.32 Å². The number of nitrogens with one attached hydrogen (secondary N) is 1. The molecule has 0 fully saturated rings. The summed E-state index contributed by atoms with van der Waals surface area (Å²) in [7, 11) is 0. The Balaban J connectivity index is 3.13. The third kappa shape index (κ3) is 2.78. The summed E-state index contributed by atoms with van der Waals surface area (Å²) < 4.78 is 1.11. The number of thiocarbonyl (C=S) groups is 1. The first-order valence-corrected chi connectivity index (χ1v) is 5.25. The Labute approximate surface area is 92.7 Å². The van der Waals surface area contributed by atoms with Crippen molar-refractivity contribution in [2.24, 2.45) is 0 Å². The molecule has 70 valence electrons. The van der Waals surface area contributed by atoms with E-state index in [1.807, 2.05) is 6.92 Å². The predicted octanol–water partition coefficient (Wildman–Crippen LogP) is 3.83. The first-order valence-electron chi connectivity index (χ1n) is 4.05. The molecule has 1 N–H and O–H groups in total. The van der Waals surface area contributed by atoms with Crippen LogP contribution in [0.5, 0.6) is 0 Å². The van der Waals surface area contributed by atoms with Gasteiger partial charge in [0, 0.05) is 10.2 Å². The summed E-state index contributed by atoms with van der Waals surface area (Å²) in [4.78, 5) is 0.800. The van der Waals surface area contributed by atoms with Crippen molar-refractivity contribution in [2.45, 2.75) is 20.8 Å². The average molecular weight is 258 g/mol. The van der Waals surface area contributed by atoms with Crippen LogP contribution in [-0.4, -0.2) is 4.99 Å². The largest absolute Gasteiger partial charge is 0.350 e. The summed E-state index contributed by atoms with van der Waals surface area (Å²) in [5.41, 5.74) is 3.53. The van der Waals surface area contributed by atoms with Gasteiger partial charge in [0.05, 0.1) is 4.99 Å². The summed E-state index contributed by atoms with van der Waals surface area (Å²) in [6, 6.07) is 4.15. The minimum atomic E-state index is 0.800. The molecule has 0 aromatic heterocycles. The van der Waals surface area contributed by atoms with E-state index in [0.717, 1.165) is 15.1 Å². The van der Waals surface area contributed by atoms with E-state index < -0.39 is 0 Å². The highest BCUT2D eigenvalue weighted by atomic mass is 79.9. The average Bonchev–Trinajstić information content (AvgIpc) is 1.96. The number of hydrogen-bond acceptors (Lipinski definition) is 1. The number of rotatable bonds is 1. The van der Waals surface area contributed by atoms with Crippen molar-refractivity contribution < 1.29 is 0 Å². The lowest BCUT2D eigenvalue weighted by Gasteiger charge is -2.11. The molecular formula is C10H12BrNS. The van der Waals surface area contributed by atoms with Crippen LogP contribution in [-0.2, 0) is 0 Å². The van der Waals surface area contributed by atoms with Crippen LogP contribution in [0, 0.1) is 13.8 Å². The summed E-state index contributed by atoms with van der Waals surface area (Å²) in [6.07, 6.45) is 0. The molecule has 3 heteroatoms. The van der Waals surface area contributed by atoms with E-state index in [1.165, 1.54) is 11.1 Å². The summed E-state index contributed by atoms with van der Waals surface area (Å²) >= 11 is 8.46. The van der Waals surface area contributed by atoms with E-state index in [2.05, 4.69) is 47.2 Å². The molecule has 0 unspecified atom stereocenters. The van der Waals surface area contributed by atoms with Crippen LogP contribution in [0.3, 0.4) is 0 Å². The van der Waals surface area contributed by atoms with Gasteiger partial charge in [-0.05, 0) is 44.0 Å². The monoisotopic (exact) mass is 257 g/mol. The van der Waals surface area contributed by atoms with Gasteiger partial charge in [0.1, 0.15) is 0 Å². The minimum Gasteiger partial charge on any atom is -0.350 e. The Morgan fingerprint density at radius 3 is 2.15 bits per heavy atom. The topological polar surface area (TPSA) is 12.0 Å². The van der Waals surface area contributed by atoms with Crippen LogP contribution >= 0.6 is 28.1 Å². The summed E-state index contributed by atoms with van der Waals surface area (Å²) in [5, 5.41) is 3.18. The highest BCUT2D eigenvalue weighted by molar-refractivity contribution is 9.10. The number of hydrogen-bond donors (Lipinski definition) is 1. The molecule has 0 atom stereocenters. The first-order chi connectivity index (χ1) is 6.00. The van der Waals surface area contributed by atoms with Crippen LogP contribution in [0.4, 0.5) is 5.69 Å².